The van der Waals surface area contributed by atoms with Crippen molar-refractivity contribution in [2.24, 2.45) is 0 Å². The second kappa shape index (κ2) is 13.8. The van der Waals surface area contributed by atoms with Crippen LogP contribution in [0.5, 0.6) is 0 Å². The van der Waals surface area contributed by atoms with Gasteiger partial charge in [0.1, 0.15) is 0 Å². The summed E-state index contributed by atoms with van der Waals surface area (Å²) in [5.74, 6) is 1.88. The van der Waals surface area contributed by atoms with E-state index >= 15 is 0 Å². The Morgan fingerprint density at radius 1 is 0.255 bits per heavy atom. The van der Waals surface area contributed by atoms with Crippen LogP contribution in [-0.2, 0) is 0 Å². The molecule has 0 aliphatic carbocycles. The van der Waals surface area contributed by atoms with E-state index in [1.54, 1.807) is 0 Å². The van der Waals surface area contributed by atoms with Gasteiger partial charge in [-0.05, 0) is 57.6 Å². The van der Waals surface area contributed by atoms with Crippen LogP contribution in [0.1, 0.15) is 0 Å². The number of aromatic nitrogens is 4. The smallest absolute Gasteiger partial charge is 0.164 e. The van der Waals surface area contributed by atoms with Gasteiger partial charge in [-0.15, -0.1) is 0 Å². The summed E-state index contributed by atoms with van der Waals surface area (Å²) < 4.78 is 2.36. The van der Waals surface area contributed by atoms with Crippen LogP contribution in [0.25, 0.3) is 95.0 Å². The van der Waals surface area contributed by atoms with Gasteiger partial charge in [0.2, 0.25) is 0 Å². The van der Waals surface area contributed by atoms with Crippen molar-refractivity contribution in [3.63, 3.8) is 0 Å². The topological polar surface area (TPSA) is 43.6 Å². The van der Waals surface area contributed by atoms with Crippen molar-refractivity contribution < 1.29 is 0 Å². The Labute approximate surface area is 319 Å². The summed E-state index contributed by atoms with van der Waals surface area (Å²) >= 11 is 0. The van der Waals surface area contributed by atoms with Crippen molar-refractivity contribution >= 4 is 21.8 Å². The SMILES string of the molecule is c1ccc(-c2ccc(-c3nc(-c4ccc(-c5ccccc5)cc4)nc(-c4ccc5c6ccccc6n(-c6cccc(-c7ccccc7)c6)c5c4)n3)cc2)cc1. The van der Waals surface area contributed by atoms with Crippen molar-refractivity contribution in [1.82, 2.24) is 19.5 Å². The largest absolute Gasteiger partial charge is 0.309 e. The molecular formula is C51H34N4. The summed E-state index contributed by atoms with van der Waals surface area (Å²) in [7, 11) is 0. The highest BCUT2D eigenvalue weighted by Crippen LogP contribution is 2.36. The first-order valence-corrected chi connectivity index (χ1v) is 18.5. The Hall–Kier alpha value is -7.43. The van der Waals surface area contributed by atoms with E-state index in [1.165, 1.54) is 33.0 Å². The number of hydrogen-bond donors (Lipinski definition) is 0. The molecule has 0 N–H and O–H groups in total. The molecule has 0 atom stereocenters. The predicted molar refractivity (Wildman–Crippen MR) is 227 cm³/mol. The van der Waals surface area contributed by atoms with Gasteiger partial charge >= 0.3 is 0 Å². The molecule has 8 aromatic carbocycles. The molecule has 0 fully saturated rings. The third kappa shape index (κ3) is 6.16. The molecule has 0 bridgehead atoms. The van der Waals surface area contributed by atoms with Crippen LogP contribution >= 0.6 is 0 Å². The molecule has 0 amide bonds. The van der Waals surface area contributed by atoms with Crippen molar-refractivity contribution in [3.05, 3.63) is 206 Å². The molecule has 0 aliphatic heterocycles. The molecule has 0 spiro atoms. The monoisotopic (exact) mass is 702 g/mol. The molecule has 10 aromatic rings. The van der Waals surface area contributed by atoms with Crippen LogP contribution in [-0.4, -0.2) is 19.5 Å². The van der Waals surface area contributed by atoms with Gasteiger partial charge in [0.25, 0.3) is 0 Å². The maximum Gasteiger partial charge on any atom is 0.164 e. The summed E-state index contributed by atoms with van der Waals surface area (Å²) in [5.41, 5.74) is 13.1. The lowest BCUT2D eigenvalue weighted by molar-refractivity contribution is 1.07. The highest BCUT2D eigenvalue weighted by atomic mass is 15.0. The Kier molecular flexibility index (Phi) is 8.12. The van der Waals surface area contributed by atoms with E-state index in [-0.39, 0.29) is 0 Å². The molecular weight excluding hydrogens is 669 g/mol. The normalized spacial score (nSPS) is 11.3. The molecule has 2 aromatic heterocycles. The minimum Gasteiger partial charge on any atom is -0.309 e. The lowest BCUT2D eigenvalue weighted by Gasteiger charge is -2.12. The number of benzene rings is 8. The van der Waals surface area contributed by atoms with Gasteiger partial charge in [-0.25, -0.2) is 15.0 Å². The van der Waals surface area contributed by atoms with E-state index in [2.05, 4.69) is 199 Å². The summed E-state index contributed by atoms with van der Waals surface area (Å²) in [5, 5.41) is 2.37. The van der Waals surface area contributed by atoms with E-state index in [0.29, 0.717) is 17.5 Å². The molecule has 10 rings (SSSR count). The first-order valence-electron chi connectivity index (χ1n) is 18.5. The quantitative estimate of drug-likeness (QED) is 0.166. The van der Waals surface area contributed by atoms with Crippen LogP contribution in [0, 0.1) is 0 Å². The zero-order valence-corrected chi connectivity index (χ0v) is 29.9. The number of fused-ring (bicyclic) bond motifs is 3. The minimum absolute atomic E-state index is 0.621. The highest BCUT2D eigenvalue weighted by Gasteiger charge is 2.17. The average molecular weight is 703 g/mol. The third-order valence-corrected chi connectivity index (χ3v) is 10.3. The van der Waals surface area contributed by atoms with Crippen LogP contribution < -0.4 is 0 Å². The fourth-order valence-corrected chi connectivity index (χ4v) is 7.49. The average Bonchev–Trinajstić information content (AvgIpc) is 3.61. The van der Waals surface area contributed by atoms with Crippen LogP contribution in [0.3, 0.4) is 0 Å². The molecule has 0 saturated heterocycles. The summed E-state index contributed by atoms with van der Waals surface area (Å²) in [6.07, 6.45) is 0. The molecule has 55 heavy (non-hydrogen) atoms. The molecule has 4 heteroatoms. The lowest BCUT2D eigenvalue weighted by Crippen LogP contribution is -2.00. The molecule has 0 unspecified atom stereocenters. The molecule has 258 valence electrons. The van der Waals surface area contributed by atoms with Gasteiger partial charge < -0.3 is 4.57 Å². The van der Waals surface area contributed by atoms with Gasteiger partial charge in [0, 0.05) is 33.2 Å². The summed E-state index contributed by atoms with van der Waals surface area (Å²) in [6, 6.07) is 72.3. The Bertz CT molecular complexity index is 2830. The van der Waals surface area contributed by atoms with Crippen molar-refractivity contribution in [3.8, 4) is 73.2 Å². The van der Waals surface area contributed by atoms with Crippen LogP contribution in [0.15, 0.2) is 206 Å². The number of para-hydroxylation sites is 1. The molecule has 4 nitrogen and oxygen atoms in total. The Balaban J connectivity index is 1.13. The van der Waals surface area contributed by atoms with Gasteiger partial charge in [-0.2, -0.15) is 0 Å². The van der Waals surface area contributed by atoms with E-state index in [1.807, 2.05) is 12.1 Å². The maximum absolute atomic E-state index is 5.15. The minimum atomic E-state index is 0.621. The zero-order chi connectivity index (χ0) is 36.6. The third-order valence-electron chi connectivity index (χ3n) is 10.3. The standard InChI is InChI=1S/C51H34N4/c1-4-13-35(14-5-1)38-23-27-40(28-24-38)49-52-50(41-29-25-39(26-30-41)36-15-6-2-7-16-36)54-51(53-49)43-31-32-46-45-21-10-11-22-47(45)55(48(46)34-43)44-20-12-19-42(33-44)37-17-8-3-9-18-37/h1-34H. The van der Waals surface area contributed by atoms with E-state index < -0.39 is 0 Å². The van der Waals surface area contributed by atoms with Gasteiger partial charge in [0.05, 0.1) is 11.0 Å². The fraction of sp³-hybridized carbons (Fsp3) is 0. The van der Waals surface area contributed by atoms with Crippen molar-refractivity contribution in [1.29, 1.82) is 0 Å². The predicted octanol–water partition coefficient (Wildman–Crippen LogP) is 13.0. The van der Waals surface area contributed by atoms with Gasteiger partial charge in [-0.3, -0.25) is 0 Å². The van der Waals surface area contributed by atoms with Crippen molar-refractivity contribution in [2.45, 2.75) is 0 Å². The Morgan fingerprint density at radius 3 is 1.22 bits per heavy atom. The second-order valence-corrected chi connectivity index (χ2v) is 13.7. The maximum atomic E-state index is 5.15. The number of hydrogen-bond acceptors (Lipinski definition) is 3. The van der Waals surface area contributed by atoms with Gasteiger partial charge in [0.15, 0.2) is 17.5 Å². The summed E-state index contributed by atoms with van der Waals surface area (Å²) in [4.78, 5) is 15.4. The van der Waals surface area contributed by atoms with Gasteiger partial charge in [-0.1, -0.05) is 182 Å². The van der Waals surface area contributed by atoms with E-state index in [9.17, 15) is 0 Å². The van der Waals surface area contributed by atoms with Crippen molar-refractivity contribution in [2.75, 3.05) is 0 Å². The van der Waals surface area contributed by atoms with Crippen LogP contribution in [0.2, 0.25) is 0 Å². The van der Waals surface area contributed by atoms with Crippen LogP contribution in [0.4, 0.5) is 0 Å². The number of rotatable bonds is 7. The number of nitrogens with zero attached hydrogens (tertiary/aromatic N) is 4. The molecule has 2 heterocycles. The summed E-state index contributed by atoms with van der Waals surface area (Å²) in [6.45, 7) is 0. The molecule has 0 radical (unpaired) electrons. The zero-order valence-electron chi connectivity index (χ0n) is 29.9. The first kappa shape index (κ1) is 32.2. The first-order chi connectivity index (χ1) is 27.2. The second-order valence-electron chi connectivity index (χ2n) is 13.7. The van der Waals surface area contributed by atoms with E-state index in [4.69, 9.17) is 15.0 Å². The molecule has 0 saturated carbocycles. The Morgan fingerprint density at radius 2 is 0.655 bits per heavy atom. The highest BCUT2D eigenvalue weighted by molar-refractivity contribution is 6.10. The van der Waals surface area contributed by atoms with E-state index in [0.717, 1.165) is 44.5 Å². The molecule has 0 aliphatic rings. The fourth-order valence-electron chi connectivity index (χ4n) is 7.49. The lowest BCUT2D eigenvalue weighted by atomic mass is 10.0.